The van der Waals surface area contributed by atoms with Crippen molar-refractivity contribution >= 4 is 21.5 Å². The maximum absolute atomic E-state index is 15.0. The molecule has 28 heavy (non-hydrogen) atoms. The van der Waals surface area contributed by atoms with Crippen LogP contribution in [0.3, 0.4) is 0 Å². The summed E-state index contributed by atoms with van der Waals surface area (Å²) in [7, 11) is 0. The molecule has 0 amide bonds. The molecule has 0 saturated heterocycles. The lowest BCUT2D eigenvalue weighted by Gasteiger charge is -2.11. The molecular formula is C25H21F3. The van der Waals surface area contributed by atoms with Crippen LogP contribution in [0.25, 0.3) is 32.7 Å². The van der Waals surface area contributed by atoms with Crippen LogP contribution in [-0.2, 0) is 6.42 Å². The van der Waals surface area contributed by atoms with Gasteiger partial charge in [0.2, 0.25) is 0 Å². The molecule has 0 fully saturated rings. The van der Waals surface area contributed by atoms with Gasteiger partial charge in [-0.15, -0.1) is 0 Å². The molecule has 0 bridgehead atoms. The third-order valence-corrected chi connectivity index (χ3v) is 5.33. The van der Waals surface area contributed by atoms with E-state index >= 15 is 0 Å². The fourth-order valence-corrected chi connectivity index (χ4v) is 3.78. The summed E-state index contributed by atoms with van der Waals surface area (Å²) in [5.41, 5.74) is 2.24. The van der Waals surface area contributed by atoms with Gasteiger partial charge in [-0.05, 0) is 64.6 Å². The number of aryl methyl sites for hydroxylation is 1. The Morgan fingerprint density at radius 1 is 0.643 bits per heavy atom. The minimum absolute atomic E-state index is 0.313. The Bertz CT molecular complexity index is 1140. The predicted octanol–water partition coefficient (Wildman–Crippen LogP) is 7.81. The lowest BCUT2D eigenvalue weighted by Crippen LogP contribution is -1.94. The molecular weight excluding hydrogens is 357 g/mol. The van der Waals surface area contributed by atoms with E-state index in [2.05, 4.69) is 6.92 Å². The Morgan fingerprint density at radius 2 is 1.32 bits per heavy atom. The minimum Gasteiger partial charge on any atom is -0.207 e. The average Bonchev–Trinajstić information content (AvgIpc) is 2.71. The molecule has 142 valence electrons. The van der Waals surface area contributed by atoms with Crippen LogP contribution in [-0.4, -0.2) is 0 Å². The fourth-order valence-electron chi connectivity index (χ4n) is 3.78. The van der Waals surface area contributed by atoms with Crippen molar-refractivity contribution in [1.82, 2.24) is 0 Å². The first-order valence-electron chi connectivity index (χ1n) is 9.68. The maximum atomic E-state index is 15.0. The highest BCUT2D eigenvalue weighted by Crippen LogP contribution is 2.34. The molecule has 0 saturated carbocycles. The van der Waals surface area contributed by atoms with Gasteiger partial charge in [-0.3, -0.25) is 0 Å². The van der Waals surface area contributed by atoms with Gasteiger partial charge in [-0.2, -0.15) is 0 Å². The lowest BCUT2D eigenvalue weighted by atomic mass is 9.95. The summed E-state index contributed by atoms with van der Waals surface area (Å²) in [6.07, 6.45) is 3.72. The summed E-state index contributed by atoms with van der Waals surface area (Å²) < 4.78 is 43.0. The number of halogens is 3. The van der Waals surface area contributed by atoms with Crippen molar-refractivity contribution in [2.75, 3.05) is 0 Å². The van der Waals surface area contributed by atoms with E-state index in [4.69, 9.17) is 0 Å². The molecule has 0 radical (unpaired) electrons. The van der Waals surface area contributed by atoms with Crippen LogP contribution < -0.4 is 0 Å². The van der Waals surface area contributed by atoms with Crippen molar-refractivity contribution in [3.8, 4) is 11.1 Å². The molecule has 4 aromatic rings. The predicted molar refractivity (Wildman–Crippen MR) is 110 cm³/mol. The van der Waals surface area contributed by atoms with Crippen molar-refractivity contribution in [1.29, 1.82) is 0 Å². The second-order valence-corrected chi connectivity index (χ2v) is 7.22. The van der Waals surface area contributed by atoms with Crippen LogP contribution in [0.2, 0.25) is 0 Å². The molecule has 0 atom stereocenters. The highest BCUT2D eigenvalue weighted by Gasteiger charge is 2.14. The van der Waals surface area contributed by atoms with Crippen LogP contribution in [0.15, 0.2) is 60.7 Å². The van der Waals surface area contributed by atoms with Crippen molar-refractivity contribution in [2.24, 2.45) is 0 Å². The summed E-state index contributed by atoms with van der Waals surface area (Å²) in [6, 6.07) is 16.5. The zero-order valence-electron chi connectivity index (χ0n) is 15.7. The van der Waals surface area contributed by atoms with E-state index in [0.717, 1.165) is 30.4 Å². The van der Waals surface area contributed by atoms with Crippen molar-refractivity contribution < 1.29 is 13.2 Å². The van der Waals surface area contributed by atoms with E-state index in [1.165, 1.54) is 18.2 Å². The molecule has 0 unspecified atom stereocenters. The molecule has 4 aromatic carbocycles. The van der Waals surface area contributed by atoms with Gasteiger partial charge in [-0.25, -0.2) is 13.2 Å². The average molecular weight is 378 g/mol. The second kappa shape index (κ2) is 7.67. The van der Waals surface area contributed by atoms with Gasteiger partial charge in [0.25, 0.3) is 0 Å². The molecule has 4 rings (SSSR count). The van der Waals surface area contributed by atoms with E-state index in [-0.39, 0.29) is 11.6 Å². The minimum atomic E-state index is -0.448. The van der Waals surface area contributed by atoms with Crippen LogP contribution in [0.1, 0.15) is 31.7 Å². The summed E-state index contributed by atoms with van der Waals surface area (Å²) in [6.45, 7) is 2.11. The first kappa shape index (κ1) is 18.5. The Morgan fingerprint density at radius 3 is 2.07 bits per heavy atom. The van der Waals surface area contributed by atoms with Gasteiger partial charge in [0.05, 0.1) is 0 Å². The molecule has 3 heteroatoms. The molecule has 0 aromatic heterocycles. The van der Waals surface area contributed by atoms with E-state index < -0.39 is 5.82 Å². The van der Waals surface area contributed by atoms with Crippen molar-refractivity contribution in [3.05, 3.63) is 83.7 Å². The Kier molecular flexibility index (Phi) is 5.08. The van der Waals surface area contributed by atoms with Crippen molar-refractivity contribution in [2.45, 2.75) is 32.6 Å². The zero-order chi connectivity index (χ0) is 19.7. The van der Waals surface area contributed by atoms with Gasteiger partial charge < -0.3 is 0 Å². The van der Waals surface area contributed by atoms with E-state index in [1.54, 1.807) is 18.2 Å². The van der Waals surface area contributed by atoms with Gasteiger partial charge in [0, 0.05) is 10.8 Å². The van der Waals surface area contributed by atoms with Crippen LogP contribution in [0.5, 0.6) is 0 Å². The van der Waals surface area contributed by atoms with Gasteiger partial charge in [0.15, 0.2) is 0 Å². The molecule has 0 nitrogen and oxygen atoms in total. The smallest absolute Gasteiger partial charge is 0.134 e. The molecule has 0 aliphatic heterocycles. The monoisotopic (exact) mass is 378 g/mol. The third kappa shape index (κ3) is 3.37. The fraction of sp³-hybridized carbons (Fsp3) is 0.200. The molecule has 0 heterocycles. The largest absolute Gasteiger partial charge is 0.207 e. The molecule has 0 N–H and O–H groups in total. The maximum Gasteiger partial charge on any atom is 0.134 e. The SMILES string of the molecule is CCCCCc1ccc2c(cc(F)c3cc(-c4ccc(F)cc4)ccc32)c1F. The van der Waals surface area contributed by atoms with Gasteiger partial charge in [-0.1, -0.05) is 56.2 Å². The number of hydrogen-bond acceptors (Lipinski definition) is 0. The number of fused-ring (bicyclic) bond motifs is 3. The second-order valence-electron chi connectivity index (χ2n) is 7.22. The first-order valence-corrected chi connectivity index (χ1v) is 9.68. The number of rotatable bonds is 5. The van der Waals surface area contributed by atoms with Crippen LogP contribution in [0.4, 0.5) is 13.2 Å². The Labute approximate surface area is 162 Å². The molecule has 0 aliphatic rings. The van der Waals surface area contributed by atoms with Crippen LogP contribution >= 0.6 is 0 Å². The highest BCUT2D eigenvalue weighted by atomic mass is 19.1. The number of unbranched alkanes of at least 4 members (excludes halogenated alkanes) is 2. The van der Waals surface area contributed by atoms with Gasteiger partial charge >= 0.3 is 0 Å². The summed E-state index contributed by atoms with van der Waals surface area (Å²) in [5.74, 6) is -1.08. The quantitative estimate of drug-likeness (QED) is 0.245. The number of hydrogen-bond donors (Lipinski definition) is 0. The third-order valence-electron chi connectivity index (χ3n) is 5.33. The lowest BCUT2D eigenvalue weighted by molar-refractivity contribution is 0.606. The van der Waals surface area contributed by atoms with Gasteiger partial charge in [0.1, 0.15) is 17.5 Å². The summed E-state index contributed by atoms with van der Waals surface area (Å²) >= 11 is 0. The standard InChI is InChI=1S/C25H21F3/c1-2-3-4-5-17-8-12-21-20-13-9-18(16-6-10-19(26)11-7-16)14-22(20)24(27)15-23(21)25(17)28/h6-15H,2-5H2,1H3. The zero-order valence-corrected chi connectivity index (χ0v) is 15.7. The Hall–Kier alpha value is -2.81. The van der Waals surface area contributed by atoms with E-state index in [0.29, 0.717) is 33.5 Å². The summed E-state index contributed by atoms with van der Waals surface area (Å²) in [5, 5.41) is 2.15. The topological polar surface area (TPSA) is 0 Å². The normalized spacial score (nSPS) is 11.4. The molecule has 0 spiro atoms. The number of benzene rings is 4. The first-order chi connectivity index (χ1) is 13.6. The van der Waals surface area contributed by atoms with Crippen LogP contribution in [0, 0.1) is 17.5 Å². The van der Waals surface area contributed by atoms with E-state index in [1.807, 2.05) is 24.3 Å². The molecule has 0 aliphatic carbocycles. The Balaban J connectivity index is 1.83. The highest BCUT2D eigenvalue weighted by molar-refractivity contribution is 6.09. The summed E-state index contributed by atoms with van der Waals surface area (Å²) in [4.78, 5) is 0. The van der Waals surface area contributed by atoms with E-state index in [9.17, 15) is 13.2 Å². The van der Waals surface area contributed by atoms with Crippen molar-refractivity contribution in [3.63, 3.8) is 0 Å².